The van der Waals surface area contributed by atoms with Crippen LogP contribution in [0.25, 0.3) is 10.9 Å². The van der Waals surface area contributed by atoms with Crippen LogP contribution in [-0.2, 0) is 0 Å². The molecular formula is C16H12BrF2N5O3. The molecule has 0 aliphatic carbocycles. The van der Waals surface area contributed by atoms with Gasteiger partial charge in [0.05, 0.1) is 26.0 Å². The Balaban J connectivity index is 2.10. The van der Waals surface area contributed by atoms with Gasteiger partial charge in [-0.2, -0.15) is 0 Å². The zero-order valence-corrected chi connectivity index (χ0v) is 15.2. The van der Waals surface area contributed by atoms with Crippen molar-refractivity contribution in [3.63, 3.8) is 0 Å². The summed E-state index contributed by atoms with van der Waals surface area (Å²) in [6.07, 6.45) is 1.19. The van der Waals surface area contributed by atoms with Crippen LogP contribution in [0.1, 0.15) is 0 Å². The van der Waals surface area contributed by atoms with Crippen LogP contribution in [0, 0.1) is 21.7 Å². The predicted octanol–water partition coefficient (Wildman–Crippen LogP) is 3.66. The van der Waals surface area contributed by atoms with Crippen LogP contribution in [0.2, 0.25) is 0 Å². The highest BCUT2D eigenvalue weighted by Gasteiger charge is 2.20. The number of aromatic nitrogens is 2. The fourth-order valence-electron chi connectivity index (χ4n) is 2.35. The lowest BCUT2D eigenvalue weighted by molar-refractivity contribution is -0.385. The van der Waals surface area contributed by atoms with Crippen LogP contribution >= 0.6 is 15.9 Å². The summed E-state index contributed by atoms with van der Waals surface area (Å²) in [7, 11) is 0. The number of nitro benzene ring substituents is 1. The topological polar surface area (TPSA) is 116 Å². The average Bonchev–Trinajstić information content (AvgIpc) is 2.63. The molecular weight excluding hydrogens is 428 g/mol. The summed E-state index contributed by atoms with van der Waals surface area (Å²) >= 11 is 2.89. The van der Waals surface area contributed by atoms with E-state index in [-0.39, 0.29) is 46.0 Å². The second-order valence-electron chi connectivity index (χ2n) is 5.32. The Morgan fingerprint density at radius 3 is 2.70 bits per heavy atom. The van der Waals surface area contributed by atoms with Gasteiger partial charge < -0.3 is 15.8 Å². The van der Waals surface area contributed by atoms with Crippen molar-refractivity contribution in [3.8, 4) is 5.75 Å². The second kappa shape index (κ2) is 7.76. The van der Waals surface area contributed by atoms with Gasteiger partial charge in [0.2, 0.25) is 0 Å². The number of nitrogens with two attached hydrogens (primary N) is 1. The zero-order valence-electron chi connectivity index (χ0n) is 13.6. The maximum Gasteiger partial charge on any atom is 0.311 e. The van der Waals surface area contributed by atoms with Gasteiger partial charge in [0.15, 0.2) is 5.75 Å². The molecule has 0 aliphatic heterocycles. The highest BCUT2D eigenvalue weighted by molar-refractivity contribution is 9.10. The molecule has 27 heavy (non-hydrogen) atoms. The number of hydrogen-bond donors (Lipinski definition) is 2. The van der Waals surface area contributed by atoms with Crippen LogP contribution < -0.4 is 15.8 Å². The fourth-order valence-corrected chi connectivity index (χ4v) is 2.66. The van der Waals surface area contributed by atoms with E-state index in [9.17, 15) is 18.9 Å². The second-order valence-corrected chi connectivity index (χ2v) is 6.18. The van der Waals surface area contributed by atoms with E-state index in [0.717, 1.165) is 12.1 Å². The number of nitro groups is 1. The molecule has 1 heterocycles. The Kier molecular flexibility index (Phi) is 5.42. The molecule has 0 fully saturated rings. The van der Waals surface area contributed by atoms with Gasteiger partial charge in [-0.05, 0) is 22.0 Å². The van der Waals surface area contributed by atoms with Crippen molar-refractivity contribution < 1.29 is 18.4 Å². The lowest BCUT2D eigenvalue weighted by Gasteiger charge is -2.11. The molecule has 0 unspecified atom stereocenters. The molecule has 2 aromatic carbocycles. The predicted molar refractivity (Wildman–Crippen MR) is 98.1 cm³/mol. The van der Waals surface area contributed by atoms with Gasteiger partial charge in [0.1, 0.15) is 30.4 Å². The highest BCUT2D eigenvalue weighted by atomic mass is 79.9. The van der Waals surface area contributed by atoms with E-state index < -0.39 is 16.6 Å². The molecule has 0 radical (unpaired) electrons. The van der Waals surface area contributed by atoms with Crippen molar-refractivity contribution in [1.29, 1.82) is 0 Å². The van der Waals surface area contributed by atoms with Crippen LogP contribution in [0.4, 0.5) is 26.0 Å². The quantitative estimate of drug-likeness (QED) is 0.341. The minimum Gasteiger partial charge on any atom is -0.485 e. The summed E-state index contributed by atoms with van der Waals surface area (Å²) in [4.78, 5) is 18.8. The maximum absolute atomic E-state index is 14.1. The summed E-state index contributed by atoms with van der Waals surface area (Å²) in [5, 5.41) is 14.2. The molecule has 0 aliphatic rings. The summed E-state index contributed by atoms with van der Waals surface area (Å²) in [5.41, 5.74) is 5.18. The summed E-state index contributed by atoms with van der Waals surface area (Å²) in [6.45, 7) is 0.270. The molecule has 8 nitrogen and oxygen atoms in total. The van der Waals surface area contributed by atoms with E-state index in [4.69, 9.17) is 10.5 Å². The van der Waals surface area contributed by atoms with Crippen LogP contribution in [0.3, 0.4) is 0 Å². The van der Waals surface area contributed by atoms with Crippen LogP contribution in [-0.4, -0.2) is 28.0 Å². The molecule has 3 aromatic rings. The first-order valence-corrected chi connectivity index (χ1v) is 8.37. The van der Waals surface area contributed by atoms with Gasteiger partial charge >= 0.3 is 5.69 Å². The molecule has 0 bridgehead atoms. The van der Waals surface area contributed by atoms with E-state index in [1.807, 2.05) is 0 Å². The lowest BCUT2D eigenvalue weighted by Crippen LogP contribution is -2.11. The van der Waals surface area contributed by atoms with Crippen LogP contribution in [0.15, 0.2) is 35.1 Å². The molecule has 140 valence electrons. The van der Waals surface area contributed by atoms with Gasteiger partial charge in [-0.15, -0.1) is 0 Å². The number of nitrogens with zero attached hydrogens (tertiary/aromatic N) is 3. The number of halogens is 3. The van der Waals surface area contributed by atoms with E-state index >= 15 is 0 Å². The molecule has 11 heteroatoms. The fraction of sp³-hybridized carbons (Fsp3) is 0.125. The summed E-state index contributed by atoms with van der Waals surface area (Å²) < 4.78 is 33.1. The molecule has 3 rings (SSSR count). The highest BCUT2D eigenvalue weighted by Crippen LogP contribution is 2.35. The van der Waals surface area contributed by atoms with Crippen LogP contribution in [0.5, 0.6) is 5.75 Å². The number of anilines is 2. The molecule has 0 spiro atoms. The Labute approximate surface area is 159 Å². The van der Waals surface area contributed by atoms with Crippen molar-refractivity contribution in [2.24, 2.45) is 5.73 Å². The smallest absolute Gasteiger partial charge is 0.311 e. The number of benzene rings is 2. The first-order valence-electron chi connectivity index (χ1n) is 7.58. The van der Waals surface area contributed by atoms with E-state index in [0.29, 0.717) is 5.52 Å². The van der Waals surface area contributed by atoms with Gasteiger partial charge in [0, 0.05) is 24.7 Å². The molecule has 3 N–H and O–H groups in total. The minimum absolute atomic E-state index is 0.00321. The van der Waals surface area contributed by atoms with E-state index in [2.05, 4.69) is 31.2 Å². The van der Waals surface area contributed by atoms with Crippen molar-refractivity contribution in [2.75, 3.05) is 18.5 Å². The minimum atomic E-state index is -0.729. The van der Waals surface area contributed by atoms with Gasteiger partial charge in [-0.1, -0.05) is 0 Å². The molecule has 1 aromatic heterocycles. The number of hydrogen-bond acceptors (Lipinski definition) is 7. The Morgan fingerprint density at radius 2 is 2.00 bits per heavy atom. The molecule has 0 saturated heterocycles. The number of fused-ring (bicyclic) bond motifs is 1. The SMILES string of the molecule is NCCOc1cc2ncnc(Nc3cc(F)c(Br)cc3F)c2cc1[N+](=O)[O-]. The van der Waals surface area contributed by atoms with Crippen molar-refractivity contribution in [3.05, 3.63) is 56.8 Å². The van der Waals surface area contributed by atoms with E-state index in [1.54, 1.807) is 0 Å². The third-order valence-electron chi connectivity index (χ3n) is 3.55. The van der Waals surface area contributed by atoms with E-state index in [1.165, 1.54) is 18.5 Å². The van der Waals surface area contributed by atoms with Gasteiger partial charge in [-0.25, -0.2) is 18.7 Å². The summed E-state index contributed by atoms with van der Waals surface area (Å²) in [5.74, 6) is -1.33. The molecule has 0 amide bonds. The number of rotatable bonds is 6. The largest absolute Gasteiger partial charge is 0.485 e. The monoisotopic (exact) mass is 439 g/mol. The first kappa shape index (κ1) is 18.9. The van der Waals surface area contributed by atoms with Crippen molar-refractivity contribution in [1.82, 2.24) is 9.97 Å². The Bertz CT molecular complexity index is 1030. The lowest BCUT2D eigenvalue weighted by atomic mass is 10.2. The number of ether oxygens (including phenoxy) is 1. The van der Waals surface area contributed by atoms with Crippen molar-refractivity contribution >= 4 is 44.0 Å². The third-order valence-corrected chi connectivity index (χ3v) is 4.16. The maximum atomic E-state index is 14.1. The van der Waals surface area contributed by atoms with Gasteiger partial charge in [0.25, 0.3) is 0 Å². The first-order chi connectivity index (χ1) is 12.9. The molecule has 0 saturated carbocycles. The Morgan fingerprint density at radius 1 is 1.22 bits per heavy atom. The standard InChI is InChI=1S/C16H12BrF2N5O3/c17-9-4-11(19)13(5-10(9)18)23-16-8-3-14(24(25)26)15(27-2-1-20)6-12(8)21-7-22-16/h3-7H,1-2,20H2,(H,21,22,23). The van der Waals surface area contributed by atoms with Crippen molar-refractivity contribution in [2.45, 2.75) is 0 Å². The summed E-state index contributed by atoms with van der Waals surface area (Å²) in [6, 6.07) is 4.48. The normalized spacial score (nSPS) is 10.8. The third kappa shape index (κ3) is 3.93. The Hall–Kier alpha value is -2.92. The number of nitrogens with one attached hydrogen (secondary N) is 1. The zero-order chi connectivity index (χ0) is 19.6. The average molecular weight is 440 g/mol. The van der Waals surface area contributed by atoms with Gasteiger partial charge in [-0.3, -0.25) is 10.1 Å². The molecule has 0 atom stereocenters.